The first kappa shape index (κ1) is 24.3. The Morgan fingerprint density at radius 1 is 1.03 bits per heavy atom. The van der Waals surface area contributed by atoms with Crippen LogP contribution < -0.4 is 0 Å². The molecule has 3 fully saturated rings. The van der Waals surface area contributed by atoms with Gasteiger partial charge in [-0.1, -0.05) is 72.0 Å². The molecule has 0 aromatic carbocycles. The Labute approximate surface area is 198 Å². The number of ether oxygens (including phenoxy) is 1. The Hall–Kier alpha value is -0.790. The van der Waals surface area contributed by atoms with E-state index in [2.05, 4.69) is 41.5 Å². The molecule has 0 amide bonds. The van der Waals surface area contributed by atoms with Gasteiger partial charge < -0.3 is 4.74 Å². The highest BCUT2D eigenvalue weighted by Crippen LogP contribution is 2.66. The zero-order valence-corrected chi connectivity index (χ0v) is 22.1. The summed E-state index contributed by atoms with van der Waals surface area (Å²) < 4.78 is 5.76. The summed E-state index contributed by atoms with van der Waals surface area (Å²) in [6.07, 6.45) is 14.8. The molecule has 3 saturated carbocycles. The van der Waals surface area contributed by atoms with Gasteiger partial charge in [0.05, 0.1) is 0 Å². The largest absolute Gasteiger partial charge is 0.462 e. The predicted octanol–water partition coefficient (Wildman–Crippen LogP) is 8.35. The Kier molecular flexibility index (Phi) is 6.92. The Bertz CT molecular complexity index is 735. The van der Waals surface area contributed by atoms with Crippen LogP contribution in [0.3, 0.4) is 0 Å². The third-order valence-corrected chi connectivity index (χ3v) is 11.0. The molecule has 4 rings (SSSR count). The van der Waals surface area contributed by atoms with Crippen molar-refractivity contribution in [2.75, 3.05) is 0 Å². The highest BCUT2D eigenvalue weighted by atomic mass is 16.5. The van der Waals surface area contributed by atoms with Crippen molar-refractivity contribution in [1.82, 2.24) is 0 Å². The summed E-state index contributed by atoms with van der Waals surface area (Å²) in [5, 5.41) is 0. The number of hydrogen-bond acceptors (Lipinski definition) is 2. The van der Waals surface area contributed by atoms with E-state index in [1.54, 1.807) is 6.92 Å². The van der Waals surface area contributed by atoms with Gasteiger partial charge >= 0.3 is 5.97 Å². The van der Waals surface area contributed by atoms with E-state index >= 15 is 0 Å². The smallest absolute Gasteiger partial charge is 0.302 e. The molecule has 0 aromatic rings. The lowest BCUT2D eigenvalue weighted by Crippen LogP contribution is -2.52. The van der Waals surface area contributed by atoms with E-state index in [1.807, 2.05) is 11.1 Å². The van der Waals surface area contributed by atoms with Gasteiger partial charge in [-0.2, -0.15) is 0 Å². The lowest BCUT2D eigenvalue weighted by molar-refractivity contribution is -0.159. The topological polar surface area (TPSA) is 26.3 Å². The van der Waals surface area contributed by atoms with Crippen LogP contribution in [-0.2, 0) is 9.53 Å². The fraction of sp³-hybridized carbons (Fsp3) is 0.900. The van der Waals surface area contributed by atoms with Crippen LogP contribution in [0.2, 0.25) is 0 Å². The van der Waals surface area contributed by atoms with Crippen molar-refractivity contribution in [2.24, 2.45) is 46.3 Å². The summed E-state index contributed by atoms with van der Waals surface area (Å²) >= 11 is 0. The van der Waals surface area contributed by atoms with Crippen molar-refractivity contribution < 1.29 is 9.53 Å². The highest BCUT2D eigenvalue weighted by Gasteiger charge is 2.57. The number of carbonyl (C=O) groups excluding carboxylic acids is 1. The van der Waals surface area contributed by atoms with Crippen LogP contribution in [0.4, 0.5) is 0 Å². The number of carbonyl (C=O) groups is 1. The third kappa shape index (κ3) is 4.11. The van der Waals surface area contributed by atoms with Crippen LogP contribution in [0.5, 0.6) is 0 Å². The van der Waals surface area contributed by atoms with Crippen LogP contribution in [0.15, 0.2) is 11.1 Å². The van der Waals surface area contributed by atoms with Crippen molar-refractivity contribution in [2.45, 2.75) is 125 Å². The van der Waals surface area contributed by atoms with Crippen LogP contribution in [0.1, 0.15) is 119 Å². The summed E-state index contributed by atoms with van der Waals surface area (Å²) in [6.45, 7) is 16.5. The van der Waals surface area contributed by atoms with E-state index in [0.29, 0.717) is 22.7 Å². The lowest BCUT2D eigenvalue weighted by atomic mass is 9.47. The second kappa shape index (κ2) is 9.10. The fourth-order valence-electron chi connectivity index (χ4n) is 9.31. The van der Waals surface area contributed by atoms with Gasteiger partial charge in [0, 0.05) is 6.92 Å². The molecule has 0 N–H and O–H groups in total. The fourth-order valence-corrected chi connectivity index (χ4v) is 9.31. The third-order valence-electron chi connectivity index (χ3n) is 11.0. The van der Waals surface area contributed by atoms with Gasteiger partial charge in [0.1, 0.15) is 6.10 Å². The van der Waals surface area contributed by atoms with E-state index in [1.165, 1.54) is 64.2 Å². The highest BCUT2D eigenvalue weighted by molar-refractivity contribution is 5.66. The first-order valence-electron chi connectivity index (χ1n) is 14.0. The zero-order valence-electron chi connectivity index (χ0n) is 22.1. The molecule has 0 bridgehead atoms. The normalized spacial score (nSPS) is 42.3. The molecular formula is C30H50O2. The van der Waals surface area contributed by atoms with Gasteiger partial charge in [-0.05, 0) is 97.7 Å². The zero-order chi connectivity index (χ0) is 23.3. The molecule has 0 spiro atoms. The maximum atomic E-state index is 11.6. The summed E-state index contributed by atoms with van der Waals surface area (Å²) in [7, 11) is 0. The minimum absolute atomic E-state index is 0.1000. The second-order valence-corrected chi connectivity index (χ2v) is 13.2. The van der Waals surface area contributed by atoms with Crippen LogP contribution in [-0.4, -0.2) is 12.1 Å². The molecule has 0 heterocycles. The first-order valence-corrected chi connectivity index (χ1v) is 14.0. The van der Waals surface area contributed by atoms with Crippen LogP contribution >= 0.6 is 0 Å². The number of fused-ring (bicyclic) bond motifs is 4. The molecule has 4 aliphatic carbocycles. The second-order valence-electron chi connectivity index (χ2n) is 13.2. The van der Waals surface area contributed by atoms with Gasteiger partial charge in [0.15, 0.2) is 0 Å². The van der Waals surface area contributed by atoms with Crippen molar-refractivity contribution >= 4 is 5.97 Å². The number of rotatable bonds is 6. The molecule has 0 aliphatic heterocycles. The van der Waals surface area contributed by atoms with E-state index in [-0.39, 0.29) is 12.1 Å². The van der Waals surface area contributed by atoms with E-state index < -0.39 is 0 Å². The molecule has 0 radical (unpaired) electrons. The molecule has 0 saturated heterocycles. The van der Waals surface area contributed by atoms with E-state index in [0.717, 1.165) is 30.1 Å². The van der Waals surface area contributed by atoms with Gasteiger partial charge in [0.25, 0.3) is 0 Å². The Morgan fingerprint density at radius 3 is 2.47 bits per heavy atom. The van der Waals surface area contributed by atoms with Gasteiger partial charge in [0.2, 0.25) is 0 Å². The number of hydrogen-bond donors (Lipinski definition) is 0. The predicted molar refractivity (Wildman–Crippen MR) is 133 cm³/mol. The molecule has 32 heavy (non-hydrogen) atoms. The quantitative estimate of drug-likeness (QED) is 0.305. The first-order chi connectivity index (χ1) is 15.1. The minimum atomic E-state index is -0.1000. The molecule has 0 aromatic heterocycles. The number of allylic oxidation sites excluding steroid dienone is 2. The van der Waals surface area contributed by atoms with Gasteiger partial charge in [-0.3, -0.25) is 4.79 Å². The van der Waals surface area contributed by atoms with Crippen LogP contribution in [0, 0.1) is 46.3 Å². The summed E-state index contributed by atoms with van der Waals surface area (Å²) in [5.41, 5.74) is 4.67. The molecule has 8 atom stereocenters. The van der Waals surface area contributed by atoms with Crippen LogP contribution in [0.25, 0.3) is 0 Å². The Balaban J connectivity index is 1.53. The molecular weight excluding hydrogens is 392 g/mol. The van der Waals surface area contributed by atoms with Crippen molar-refractivity contribution in [1.29, 1.82) is 0 Å². The average molecular weight is 443 g/mol. The van der Waals surface area contributed by atoms with Gasteiger partial charge in [-0.25, -0.2) is 0 Å². The molecule has 2 heteroatoms. The monoisotopic (exact) mass is 442 g/mol. The van der Waals surface area contributed by atoms with Crippen molar-refractivity contribution in [3.05, 3.63) is 11.1 Å². The standard InChI is InChI=1S/C30H50O2/c1-19(2)9-8-10-20(3)24-13-14-26-23-11-12-25-21(4)28(32-22(5)31)16-18-30(25,7)27(23)15-17-29(24,26)6/h19-21,24-25,27-28H,8-18H2,1-7H3/t20-,21-,24?,25?,27?,28-,29+,30-/m0/s1. The summed E-state index contributed by atoms with van der Waals surface area (Å²) in [4.78, 5) is 11.6. The Morgan fingerprint density at radius 2 is 1.78 bits per heavy atom. The maximum absolute atomic E-state index is 11.6. The number of esters is 1. The van der Waals surface area contributed by atoms with Gasteiger partial charge in [-0.15, -0.1) is 0 Å². The van der Waals surface area contributed by atoms with E-state index in [4.69, 9.17) is 4.74 Å². The molecule has 4 aliphatic rings. The summed E-state index contributed by atoms with van der Waals surface area (Å²) in [6, 6.07) is 0. The maximum Gasteiger partial charge on any atom is 0.302 e. The van der Waals surface area contributed by atoms with Crippen molar-refractivity contribution in [3.8, 4) is 0 Å². The minimum Gasteiger partial charge on any atom is -0.462 e. The SMILES string of the molecule is CC(=O)O[C@H]1CC[C@]2(C)C3CC[C@@]4(C)C(=C3CCC2[C@@H]1C)CCC4[C@@H](C)CCCC(C)C. The molecule has 2 nitrogen and oxygen atoms in total. The van der Waals surface area contributed by atoms with Crippen molar-refractivity contribution in [3.63, 3.8) is 0 Å². The van der Waals surface area contributed by atoms with E-state index in [9.17, 15) is 4.79 Å². The lowest BCUT2D eigenvalue weighted by Gasteiger charge is -2.58. The summed E-state index contributed by atoms with van der Waals surface area (Å²) in [5.74, 6) is 4.46. The molecule has 182 valence electrons. The average Bonchev–Trinajstić information content (AvgIpc) is 3.07. The molecule has 3 unspecified atom stereocenters.